The fourth-order valence-corrected chi connectivity index (χ4v) is 4.38. The minimum atomic E-state index is -1.08. The summed E-state index contributed by atoms with van der Waals surface area (Å²) in [5, 5.41) is 11.3. The fourth-order valence-electron chi connectivity index (χ4n) is 4.38. The third-order valence-corrected chi connectivity index (χ3v) is 5.85. The molecule has 1 amide bonds. The lowest BCUT2D eigenvalue weighted by atomic mass is 9.96. The predicted octanol–water partition coefficient (Wildman–Crippen LogP) is 1.14. The minimum absolute atomic E-state index is 0.0358. The SMILES string of the molecule is Cc1c(N2CCCC(CNC(=O)O)C2)c(F)cc2c(=O)n(N)c(=O)n(C3CC3)c12. The molecular weight excluding hydrogens is 381 g/mol. The highest BCUT2D eigenvalue weighted by Gasteiger charge is 2.31. The van der Waals surface area contributed by atoms with Gasteiger partial charge in [-0.1, -0.05) is 0 Å². The largest absolute Gasteiger partial charge is 0.465 e. The molecule has 1 saturated heterocycles. The number of rotatable bonds is 4. The highest BCUT2D eigenvalue weighted by atomic mass is 19.1. The number of aromatic nitrogens is 2. The number of carbonyl (C=O) groups is 1. The summed E-state index contributed by atoms with van der Waals surface area (Å²) in [5.74, 6) is 5.17. The number of hydrogen-bond donors (Lipinski definition) is 3. The molecule has 4 N–H and O–H groups in total. The maximum Gasteiger partial charge on any atom is 0.404 e. The Hall–Kier alpha value is -3.04. The first-order valence-corrected chi connectivity index (χ1v) is 9.76. The summed E-state index contributed by atoms with van der Waals surface area (Å²) in [4.78, 5) is 37.8. The molecular formula is C19H24FN5O4. The number of carboxylic acid groups (broad SMARTS) is 1. The summed E-state index contributed by atoms with van der Waals surface area (Å²) in [6.07, 6.45) is 2.18. The van der Waals surface area contributed by atoms with E-state index in [-0.39, 0.29) is 17.3 Å². The Morgan fingerprint density at radius 2 is 2.07 bits per heavy atom. The van der Waals surface area contributed by atoms with E-state index < -0.39 is 23.2 Å². The van der Waals surface area contributed by atoms with Crippen LogP contribution in [0.15, 0.2) is 15.7 Å². The Kier molecular flexibility index (Phi) is 4.71. The molecule has 0 spiro atoms. The quantitative estimate of drug-likeness (QED) is 0.656. The number of fused-ring (bicyclic) bond motifs is 1. The average Bonchev–Trinajstić information content (AvgIpc) is 3.51. The molecule has 10 heteroatoms. The number of nitrogens with one attached hydrogen (secondary N) is 1. The standard InChI is InChI=1S/C19H24FN5O4/c1-10-15-13(17(26)25(21)19(29)24(15)12-4-5-12)7-14(20)16(10)23-6-2-3-11(9-23)8-22-18(27)28/h7,11-12,22H,2-6,8-9,21H2,1H3,(H,27,28). The number of hydrogen-bond acceptors (Lipinski definition) is 5. The molecule has 156 valence electrons. The van der Waals surface area contributed by atoms with E-state index in [0.29, 0.717) is 41.1 Å². The molecule has 1 aliphatic heterocycles. The van der Waals surface area contributed by atoms with Crippen LogP contribution in [0.4, 0.5) is 14.9 Å². The van der Waals surface area contributed by atoms with Gasteiger partial charge < -0.3 is 21.2 Å². The zero-order valence-corrected chi connectivity index (χ0v) is 16.2. The van der Waals surface area contributed by atoms with Crippen LogP contribution in [0.3, 0.4) is 0 Å². The summed E-state index contributed by atoms with van der Waals surface area (Å²) in [7, 11) is 0. The molecule has 2 aromatic rings. The molecule has 0 bridgehead atoms. The monoisotopic (exact) mass is 405 g/mol. The van der Waals surface area contributed by atoms with Crippen molar-refractivity contribution >= 4 is 22.7 Å². The van der Waals surface area contributed by atoms with E-state index in [1.54, 1.807) is 6.92 Å². The molecule has 1 aromatic carbocycles. The summed E-state index contributed by atoms with van der Waals surface area (Å²) in [6.45, 7) is 3.13. The highest BCUT2D eigenvalue weighted by Crippen LogP contribution is 2.39. The van der Waals surface area contributed by atoms with Crippen molar-refractivity contribution in [3.05, 3.63) is 38.3 Å². The first-order chi connectivity index (χ1) is 13.8. The van der Waals surface area contributed by atoms with Gasteiger partial charge in [0.25, 0.3) is 5.56 Å². The van der Waals surface area contributed by atoms with Crippen LogP contribution in [-0.4, -0.2) is 40.1 Å². The Balaban J connectivity index is 1.83. The molecule has 1 aliphatic carbocycles. The zero-order valence-electron chi connectivity index (χ0n) is 16.2. The lowest BCUT2D eigenvalue weighted by Gasteiger charge is -2.35. The molecule has 2 heterocycles. The normalized spacial score (nSPS) is 19.5. The van der Waals surface area contributed by atoms with Crippen LogP contribution in [0, 0.1) is 18.7 Å². The third kappa shape index (κ3) is 3.32. The smallest absolute Gasteiger partial charge is 0.404 e. The maximum absolute atomic E-state index is 15.1. The molecule has 2 fully saturated rings. The van der Waals surface area contributed by atoms with Crippen molar-refractivity contribution in [3.63, 3.8) is 0 Å². The molecule has 1 unspecified atom stereocenters. The van der Waals surface area contributed by atoms with Crippen LogP contribution < -0.4 is 27.3 Å². The van der Waals surface area contributed by atoms with Gasteiger partial charge in [-0.3, -0.25) is 9.36 Å². The molecule has 1 atom stereocenters. The minimum Gasteiger partial charge on any atom is -0.465 e. The van der Waals surface area contributed by atoms with E-state index in [1.807, 2.05) is 4.90 Å². The summed E-state index contributed by atoms with van der Waals surface area (Å²) < 4.78 is 17.2. The number of piperidine rings is 1. The highest BCUT2D eigenvalue weighted by molar-refractivity contribution is 5.87. The van der Waals surface area contributed by atoms with Crippen LogP contribution in [0.5, 0.6) is 0 Å². The molecule has 9 nitrogen and oxygen atoms in total. The van der Waals surface area contributed by atoms with E-state index in [0.717, 1.165) is 25.7 Å². The van der Waals surface area contributed by atoms with E-state index in [1.165, 1.54) is 10.6 Å². The fraction of sp³-hybridized carbons (Fsp3) is 0.526. The Labute approximate surface area is 165 Å². The van der Waals surface area contributed by atoms with Crippen LogP contribution in [0.1, 0.15) is 37.3 Å². The number of aryl methyl sites for hydroxylation is 1. The summed E-state index contributed by atoms with van der Waals surface area (Å²) >= 11 is 0. The van der Waals surface area contributed by atoms with Gasteiger partial charge in [0, 0.05) is 31.2 Å². The molecule has 0 radical (unpaired) electrons. The number of halogens is 1. The van der Waals surface area contributed by atoms with Crippen molar-refractivity contribution in [2.24, 2.45) is 5.92 Å². The summed E-state index contributed by atoms with van der Waals surface area (Å²) in [5.41, 5.74) is 0.0332. The van der Waals surface area contributed by atoms with Crippen LogP contribution in [0.2, 0.25) is 0 Å². The molecule has 29 heavy (non-hydrogen) atoms. The lowest BCUT2D eigenvalue weighted by Crippen LogP contribution is -2.45. The first kappa shape index (κ1) is 19.3. The van der Waals surface area contributed by atoms with Crippen LogP contribution >= 0.6 is 0 Å². The molecule has 2 aliphatic rings. The topological polar surface area (TPSA) is 123 Å². The summed E-state index contributed by atoms with van der Waals surface area (Å²) in [6, 6.07) is 1.13. The van der Waals surface area contributed by atoms with Gasteiger partial charge in [-0.15, -0.1) is 0 Å². The first-order valence-electron chi connectivity index (χ1n) is 9.76. The molecule has 1 aromatic heterocycles. The van der Waals surface area contributed by atoms with E-state index >= 15 is 4.39 Å². The third-order valence-electron chi connectivity index (χ3n) is 5.85. The van der Waals surface area contributed by atoms with Crippen LogP contribution in [-0.2, 0) is 0 Å². The second kappa shape index (κ2) is 7.09. The number of nitrogens with two attached hydrogens (primary N) is 1. The van der Waals surface area contributed by atoms with E-state index in [4.69, 9.17) is 10.9 Å². The number of nitrogens with zero attached hydrogens (tertiary/aromatic N) is 3. The second-order valence-electron chi connectivity index (χ2n) is 7.93. The van der Waals surface area contributed by atoms with Crippen molar-refractivity contribution in [2.45, 2.75) is 38.6 Å². The zero-order chi connectivity index (χ0) is 20.9. The lowest BCUT2D eigenvalue weighted by molar-refractivity contribution is 0.191. The number of anilines is 1. The van der Waals surface area contributed by atoms with Crippen molar-refractivity contribution < 1.29 is 14.3 Å². The second-order valence-corrected chi connectivity index (χ2v) is 7.93. The van der Waals surface area contributed by atoms with Crippen LogP contribution in [0.25, 0.3) is 10.9 Å². The van der Waals surface area contributed by atoms with E-state index in [9.17, 15) is 14.4 Å². The Morgan fingerprint density at radius 1 is 1.34 bits per heavy atom. The molecule has 1 saturated carbocycles. The van der Waals surface area contributed by atoms with Gasteiger partial charge in [0.2, 0.25) is 0 Å². The maximum atomic E-state index is 15.1. The predicted molar refractivity (Wildman–Crippen MR) is 107 cm³/mol. The average molecular weight is 405 g/mol. The van der Waals surface area contributed by atoms with Gasteiger partial charge in [0.15, 0.2) is 0 Å². The number of amides is 1. The Morgan fingerprint density at radius 3 is 2.72 bits per heavy atom. The van der Waals surface area contributed by atoms with Gasteiger partial charge in [-0.25, -0.2) is 14.0 Å². The van der Waals surface area contributed by atoms with Gasteiger partial charge in [0.1, 0.15) is 5.82 Å². The van der Waals surface area contributed by atoms with Crippen molar-refractivity contribution in [1.29, 1.82) is 0 Å². The van der Waals surface area contributed by atoms with Gasteiger partial charge in [-0.2, -0.15) is 4.68 Å². The Bertz CT molecular complexity index is 1100. The van der Waals surface area contributed by atoms with Crippen molar-refractivity contribution in [2.75, 3.05) is 30.4 Å². The molecule has 4 rings (SSSR count). The number of nitrogen functional groups attached to an aromatic ring is 1. The van der Waals surface area contributed by atoms with Crippen molar-refractivity contribution in [1.82, 2.24) is 14.6 Å². The number of benzene rings is 1. The van der Waals surface area contributed by atoms with Gasteiger partial charge >= 0.3 is 11.8 Å². The van der Waals surface area contributed by atoms with Gasteiger partial charge in [-0.05, 0) is 44.6 Å². The van der Waals surface area contributed by atoms with Gasteiger partial charge in [0.05, 0.1) is 16.6 Å². The van der Waals surface area contributed by atoms with Crippen molar-refractivity contribution in [3.8, 4) is 0 Å². The van der Waals surface area contributed by atoms with E-state index in [2.05, 4.69) is 5.32 Å².